The van der Waals surface area contributed by atoms with E-state index >= 15 is 0 Å². The second kappa shape index (κ2) is 6.69. The maximum atomic E-state index is 12.4. The number of pyridine rings is 1. The number of hydrogen-bond acceptors (Lipinski definition) is 5. The molecule has 0 aromatic carbocycles. The van der Waals surface area contributed by atoms with Gasteiger partial charge in [-0.3, -0.25) is 4.79 Å². The van der Waals surface area contributed by atoms with Crippen molar-refractivity contribution in [2.24, 2.45) is 11.8 Å². The van der Waals surface area contributed by atoms with Gasteiger partial charge in [0.05, 0.1) is 32.2 Å². The molecule has 130 valence electrons. The van der Waals surface area contributed by atoms with Crippen LogP contribution < -0.4 is 4.74 Å². The fourth-order valence-corrected chi connectivity index (χ4v) is 4.02. The molecular weight excluding hydrogens is 308 g/mol. The Labute approximate surface area is 142 Å². The molecule has 3 fully saturated rings. The Morgan fingerprint density at radius 2 is 2.25 bits per heavy atom. The minimum atomic E-state index is -0.150. The van der Waals surface area contributed by atoms with Crippen LogP contribution in [0.1, 0.15) is 19.3 Å². The van der Waals surface area contributed by atoms with E-state index in [1.165, 1.54) is 0 Å². The maximum Gasteiger partial charge on any atom is 0.228 e. The minimum absolute atomic E-state index is 0.0506. The predicted octanol–water partition coefficient (Wildman–Crippen LogP) is 1.50. The zero-order chi connectivity index (χ0) is 16.4. The van der Waals surface area contributed by atoms with Crippen molar-refractivity contribution < 1.29 is 19.0 Å². The summed E-state index contributed by atoms with van der Waals surface area (Å²) < 4.78 is 17.1. The quantitative estimate of drug-likeness (QED) is 0.818. The van der Waals surface area contributed by atoms with E-state index in [4.69, 9.17) is 14.2 Å². The van der Waals surface area contributed by atoms with Crippen LogP contribution in [0, 0.1) is 11.8 Å². The molecule has 4 rings (SSSR count). The summed E-state index contributed by atoms with van der Waals surface area (Å²) in [5, 5.41) is 0. The van der Waals surface area contributed by atoms with Gasteiger partial charge in [-0.25, -0.2) is 4.98 Å². The molecule has 24 heavy (non-hydrogen) atoms. The summed E-state index contributed by atoms with van der Waals surface area (Å²) in [6, 6.07) is 5.67. The van der Waals surface area contributed by atoms with Crippen molar-refractivity contribution in [3.8, 4) is 5.88 Å². The van der Waals surface area contributed by atoms with Gasteiger partial charge in [0, 0.05) is 25.5 Å². The van der Waals surface area contributed by atoms with Crippen LogP contribution in [0.4, 0.5) is 0 Å². The van der Waals surface area contributed by atoms with Gasteiger partial charge in [0.1, 0.15) is 5.60 Å². The summed E-state index contributed by atoms with van der Waals surface area (Å²) in [5.74, 6) is 1.40. The van der Waals surface area contributed by atoms with Crippen LogP contribution in [0.15, 0.2) is 24.4 Å². The van der Waals surface area contributed by atoms with Crippen LogP contribution in [-0.2, 0) is 14.3 Å². The smallest absolute Gasteiger partial charge is 0.228 e. The molecule has 3 aliphatic heterocycles. The summed E-state index contributed by atoms with van der Waals surface area (Å²) in [4.78, 5) is 18.5. The van der Waals surface area contributed by atoms with E-state index in [9.17, 15) is 4.79 Å². The highest BCUT2D eigenvalue weighted by molar-refractivity contribution is 5.80. The number of rotatable bonds is 5. The summed E-state index contributed by atoms with van der Waals surface area (Å²) in [7, 11) is 0. The zero-order valence-corrected chi connectivity index (χ0v) is 13.9. The number of carbonyl (C=O) groups excluding carboxylic acids is 1. The Hall–Kier alpha value is -1.66. The number of ether oxygens (including phenoxy) is 3. The van der Waals surface area contributed by atoms with Crippen molar-refractivity contribution in [3.63, 3.8) is 0 Å². The van der Waals surface area contributed by atoms with Crippen LogP contribution in [0.25, 0.3) is 0 Å². The van der Waals surface area contributed by atoms with Gasteiger partial charge in [-0.15, -0.1) is 0 Å². The van der Waals surface area contributed by atoms with E-state index in [0.29, 0.717) is 31.6 Å². The first-order valence-electron chi connectivity index (χ1n) is 8.81. The normalized spacial score (nSPS) is 28.1. The fourth-order valence-electron chi connectivity index (χ4n) is 4.02. The van der Waals surface area contributed by atoms with E-state index in [0.717, 1.165) is 39.0 Å². The lowest BCUT2D eigenvalue weighted by Gasteiger charge is -2.50. The van der Waals surface area contributed by atoms with Crippen LogP contribution in [0.2, 0.25) is 0 Å². The number of likely N-dealkylation sites (tertiary alicyclic amines) is 1. The van der Waals surface area contributed by atoms with Gasteiger partial charge in [-0.2, -0.15) is 0 Å². The molecule has 0 saturated carbocycles. The third-order valence-corrected chi connectivity index (χ3v) is 5.46. The summed E-state index contributed by atoms with van der Waals surface area (Å²) in [6.07, 6.45) is 4.56. The number of nitrogens with zero attached hydrogens (tertiary/aromatic N) is 2. The summed E-state index contributed by atoms with van der Waals surface area (Å²) in [5.41, 5.74) is -0.150. The van der Waals surface area contributed by atoms with Crippen LogP contribution in [0.3, 0.4) is 0 Å². The molecule has 0 aliphatic carbocycles. The first kappa shape index (κ1) is 15.8. The molecule has 4 heterocycles. The molecule has 0 radical (unpaired) electrons. The molecule has 3 saturated heterocycles. The lowest BCUT2D eigenvalue weighted by molar-refractivity contribution is -0.169. The topological polar surface area (TPSA) is 60.9 Å². The fraction of sp³-hybridized carbons (Fsp3) is 0.667. The summed E-state index contributed by atoms with van der Waals surface area (Å²) in [6.45, 7) is 4.14. The average molecular weight is 332 g/mol. The van der Waals surface area contributed by atoms with Gasteiger partial charge >= 0.3 is 0 Å². The molecule has 1 aromatic heterocycles. The number of carbonyl (C=O) groups is 1. The minimum Gasteiger partial charge on any atom is -0.478 e. The van der Waals surface area contributed by atoms with Crippen molar-refractivity contribution in [2.45, 2.75) is 24.9 Å². The molecule has 1 spiro atoms. The summed E-state index contributed by atoms with van der Waals surface area (Å²) >= 11 is 0. The van der Waals surface area contributed by atoms with Gasteiger partial charge in [0.25, 0.3) is 0 Å². The predicted molar refractivity (Wildman–Crippen MR) is 86.6 cm³/mol. The van der Waals surface area contributed by atoms with Crippen molar-refractivity contribution in [3.05, 3.63) is 24.4 Å². The van der Waals surface area contributed by atoms with Crippen LogP contribution in [-0.4, -0.2) is 60.9 Å². The van der Waals surface area contributed by atoms with E-state index in [1.807, 2.05) is 23.1 Å². The van der Waals surface area contributed by atoms with Gasteiger partial charge in [-0.1, -0.05) is 6.07 Å². The standard InChI is InChI=1S/C18H24N2O4/c21-17(14-4-8-22-11-14)20-12-18(13-20)15(6-10-24-18)5-9-23-16-3-1-2-7-19-16/h1-3,7,14-15H,4-6,8-13H2/t14-,15-/m0/s1. The highest BCUT2D eigenvalue weighted by Crippen LogP contribution is 2.42. The molecule has 0 N–H and O–H groups in total. The third kappa shape index (κ3) is 3.00. The molecule has 6 nitrogen and oxygen atoms in total. The van der Waals surface area contributed by atoms with Crippen LogP contribution in [0.5, 0.6) is 5.88 Å². The first-order valence-corrected chi connectivity index (χ1v) is 8.81. The SMILES string of the molecule is O=C([C@H]1CCOC1)N1CC2(C1)OCC[C@@H]2CCOc1ccccn1. The van der Waals surface area contributed by atoms with Crippen molar-refractivity contribution in [1.82, 2.24) is 9.88 Å². The van der Waals surface area contributed by atoms with Crippen molar-refractivity contribution in [2.75, 3.05) is 39.5 Å². The van der Waals surface area contributed by atoms with Gasteiger partial charge in [0.2, 0.25) is 11.8 Å². The molecule has 6 heteroatoms. The Balaban J connectivity index is 1.27. The molecular formula is C18H24N2O4. The number of hydrogen-bond donors (Lipinski definition) is 0. The maximum absolute atomic E-state index is 12.4. The van der Waals surface area contributed by atoms with E-state index in [2.05, 4.69) is 4.98 Å². The molecule has 0 unspecified atom stereocenters. The van der Waals surface area contributed by atoms with Gasteiger partial charge < -0.3 is 19.1 Å². The third-order valence-electron chi connectivity index (χ3n) is 5.46. The van der Waals surface area contributed by atoms with Crippen LogP contribution >= 0.6 is 0 Å². The van der Waals surface area contributed by atoms with Crippen molar-refractivity contribution in [1.29, 1.82) is 0 Å². The largest absolute Gasteiger partial charge is 0.478 e. The lowest BCUT2D eigenvalue weighted by atomic mass is 9.78. The van der Waals surface area contributed by atoms with Crippen molar-refractivity contribution >= 4 is 5.91 Å². The number of amides is 1. The average Bonchev–Trinajstić information content (AvgIpc) is 3.24. The first-order chi connectivity index (χ1) is 11.8. The lowest BCUT2D eigenvalue weighted by Crippen LogP contribution is -2.67. The molecule has 1 amide bonds. The Morgan fingerprint density at radius 1 is 1.33 bits per heavy atom. The second-order valence-electron chi connectivity index (χ2n) is 6.96. The molecule has 0 bridgehead atoms. The Morgan fingerprint density at radius 3 is 3.00 bits per heavy atom. The van der Waals surface area contributed by atoms with Gasteiger partial charge in [0.15, 0.2) is 0 Å². The van der Waals surface area contributed by atoms with E-state index < -0.39 is 0 Å². The highest BCUT2D eigenvalue weighted by atomic mass is 16.5. The second-order valence-corrected chi connectivity index (χ2v) is 6.96. The molecule has 1 aromatic rings. The zero-order valence-electron chi connectivity index (χ0n) is 13.9. The molecule has 2 atom stereocenters. The van der Waals surface area contributed by atoms with E-state index in [-0.39, 0.29) is 17.4 Å². The Bertz CT molecular complexity index is 568. The monoisotopic (exact) mass is 332 g/mol. The Kier molecular flexibility index (Phi) is 4.41. The highest BCUT2D eigenvalue weighted by Gasteiger charge is 2.54. The van der Waals surface area contributed by atoms with E-state index in [1.54, 1.807) is 6.20 Å². The molecule has 3 aliphatic rings. The number of aromatic nitrogens is 1. The van der Waals surface area contributed by atoms with Gasteiger partial charge in [-0.05, 0) is 31.2 Å².